The molecule has 4 amide bonds. The van der Waals surface area contributed by atoms with E-state index in [1.807, 2.05) is 0 Å². The Morgan fingerprint density at radius 1 is 0.897 bits per heavy atom. The van der Waals surface area contributed by atoms with Gasteiger partial charge < -0.3 is 49.1 Å². The van der Waals surface area contributed by atoms with Crippen LogP contribution in [0.5, 0.6) is 5.75 Å². The number of guanidine groups is 1. The minimum atomic E-state index is -1.51. The van der Waals surface area contributed by atoms with Gasteiger partial charge in [-0.3, -0.25) is 24.2 Å². The number of hydrogen-bond acceptors (Lipinski definition) is 8. The van der Waals surface area contributed by atoms with Crippen LogP contribution in [0.3, 0.4) is 0 Å². The van der Waals surface area contributed by atoms with E-state index in [4.69, 9.17) is 22.9 Å². The summed E-state index contributed by atoms with van der Waals surface area (Å²) in [6, 6.07) is 0.689. The fraction of sp³-hybridized carbons (Fsp3) is 0.500. The van der Waals surface area contributed by atoms with E-state index in [2.05, 4.69) is 20.9 Å². The molecule has 4 unspecified atom stereocenters. The number of carbonyl (C=O) groups is 5. The van der Waals surface area contributed by atoms with Crippen molar-refractivity contribution in [3.63, 3.8) is 0 Å². The largest absolute Gasteiger partial charge is 0.508 e. The molecule has 13 N–H and O–H groups in total. The van der Waals surface area contributed by atoms with E-state index in [0.29, 0.717) is 12.0 Å². The van der Waals surface area contributed by atoms with E-state index in [9.17, 15) is 34.2 Å². The summed E-state index contributed by atoms with van der Waals surface area (Å²) in [5.74, 6) is -5.20. The molecule has 0 aliphatic heterocycles. The van der Waals surface area contributed by atoms with Crippen LogP contribution < -0.4 is 38.9 Å². The molecule has 0 spiro atoms. The second-order valence-electron chi connectivity index (χ2n) is 9.29. The highest BCUT2D eigenvalue weighted by molar-refractivity contribution is 5.96. The minimum absolute atomic E-state index is 0.0161. The van der Waals surface area contributed by atoms with Crippen LogP contribution in [0.25, 0.3) is 0 Å². The van der Waals surface area contributed by atoms with Crippen LogP contribution >= 0.6 is 0 Å². The van der Waals surface area contributed by atoms with E-state index in [1.54, 1.807) is 13.8 Å². The summed E-state index contributed by atoms with van der Waals surface area (Å²) in [7, 11) is 0. The highest BCUT2D eigenvalue weighted by atomic mass is 16.4. The third-order valence-electron chi connectivity index (χ3n) is 5.58. The third-order valence-corrected chi connectivity index (χ3v) is 5.58. The van der Waals surface area contributed by atoms with Gasteiger partial charge in [0.2, 0.25) is 23.6 Å². The summed E-state index contributed by atoms with van der Waals surface area (Å²) in [6.07, 6.45) is -0.101. The van der Waals surface area contributed by atoms with Gasteiger partial charge in [0, 0.05) is 13.0 Å². The second kappa shape index (κ2) is 15.8. The quantitative estimate of drug-likeness (QED) is 0.0587. The van der Waals surface area contributed by atoms with Crippen LogP contribution in [0.15, 0.2) is 29.3 Å². The number of carbonyl (C=O) groups excluding carboxylic acids is 4. The van der Waals surface area contributed by atoms with Gasteiger partial charge in [-0.25, -0.2) is 4.79 Å². The maximum absolute atomic E-state index is 13.0. The number of hydrogen-bond donors (Lipinski definition) is 9. The fourth-order valence-electron chi connectivity index (χ4n) is 3.46. The molecule has 4 atom stereocenters. The van der Waals surface area contributed by atoms with Crippen molar-refractivity contribution in [1.29, 1.82) is 0 Å². The molecular weight excluding hydrogens is 512 g/mol. The molecule has 0 radical (unpaired) electrons. The first-order chi connectivity index (χ1) is 18.2. The number of carboxylic acid groups (broad SMARTS) is 1. The van der Waals surface area contributed by atoms with Gasteiger partial charge in [0.1, 0.15) is 23.9 Å². The Morgan fingerprint density at radius 3 is 2.00 bits per heavy atom. The van der Waals surface area contributed by atoms with Crippen molar-refractivity contribution in [1.82, 2.24) is 16.0 Å². The lowest BCUT2D eigenvalue weighted by molar-refractivity contribution is -0.142. The fourth-order valence-corrected chi connectivity index (χ4v) is 3.46. The lowest BCUT2D eigenvalue weighted by Crippen LogP contribution is -2.59. The van der Waals surface area contributed by atoms with Gasteiger partial charge >= 0.3 is 5.97 Å². The molecule has 0 aliphatic rings. The first-order valence-corrected chi connectivity index (χ1v) is 12.2. The van der Waals surface area contributed by atoms with Crippen molar-refractivity contribution in [2.75, 3.05) is 6.54 Å². The normalized spacial score (nSPS) is 13.8. The zero-order valence-electron chi connectivity index (χ0n) is 21.9. The number of aliphatic carboxylic acids is 1. The Balaban J connectivity index is 2.92. The van der Waals surface area contributed by atoms with Gasteiger partial charge in [-0.1, -0.05) is 26.0 Å². The highest BCUT2D eigenvalue weighted by Crippen LogP contribution is 2.12. The number of nitrogens with zero attached hydrogens (tertiary/aromatic N) is 1. The van der Waals surface area contributed by atoms with E-state index in [0.717, 1.165) is 0 Å². The predicted octanol–water partition coefficient (Wildman–Crippen LogP) is -2.61. The van der Waals surface area contributed by atoms with Gasteiger partial charge in [0.25, 0.3) is 0 Å². The molecule has 0 fully saturated rings. The molecule has 0 aromatic heterocycles. The molecule has 216 valence electrons. The first-order valence-electron chi connectivity index (χ1n) is 12.2. The molecule has 0 heterocycles. The van der Waals surface area contributed by atoms with Gasteiger partial charge in [-0.05, 0) is 36.5 Å². The van der Waals surface area contributed by atoms with Crippen LogP contribution in [-0.2, 0) is 30.4 Å². The SMILES string of the molecule is CC(C)C(NC(=O)C(N)CCCN=C(N)N)C(=O)NC(CC(N)=O)C(=O)NC(Cc1ccc(O)cc1)C(=O)O. The Morgan fingerprint density at radius 2 is 1.49 bits per heavy atom. The van der Waals surface area contributed by atoms with Crippen molar-refractivity contribution in [2.45, 2.75) is 63.7 Å². The molecule has 0 bridgehead atoms. The van der Waals surface area contributed by atoms with Gasteiger partial charge in [-0.2, -0.15) is 0 Å². The van der Waals surface area contributed by atoms with E-state index in [-0.39, 0.29) is 31.1 Å². The Kier molecular flexibility index (Phi) is 13.2. The number of aliphatic imine (C=N–C) groups is 1. The molecule has 1 aromatic rings. The maximum atomic E-state index is 13.0. The van der Waals surface area contributed by atoms with E-state index in [1.165, 1.54) is 24.3 Å². The maximum Gasteiger partial charge on any atom is 0.326 e. The van der Waals surface area contributed by atoms with Crippen molar-refractivity contribution in [3.05, 3.63) is 29.8 Å². The second-order valence-corrected chi connectivity index (χ2v) is 9.29. The van der Waals surface area contributed by atoms with Gasteiger partial charge in [-0.15, -0.1) is 0 Å². The summed E-state index contributed by atoms with van der Waals surface area (Å²) in [5.41, 5.74) is 22.2. The molecule has 0 aliphatic carbocycles. The molecule has 1 aromatic carbocycles. The summed E-state index contributed by atoms with van der Waals surface area (Å²) in [6.45, 7) is 3.57. The Hall–Kier alpha value is -4.40. The average Bonchev–Trinajstić information content (AvgIpc) is 2.84. The van der Waals surface area contributed by atoms with Crippen LogP contribution in [0, 0.1) is 5.92 Å². The number of primary amides is 1. The number of aromatic hydroxyl groups is 1. The molecule has 15 heteroatoms. The molecule has 15 nitrogen and oxygen atoms in total. The van der Waals surface area contributed by atoms with Crippen molar-refractivity contribution in [2.24, 2.45) is 33.8 Å². The topological polar surface area (TPSA) is 278 Å². The molecule has 1 rings (SSSR count). The number of nitrogens with two attached hydrogens (primary N) is 4. The molecule has 39 heavy (non-hydrogen) atoms. The number of nitrogens with one attached hydrogen (secondary N) is 3. The van der Waals surface area contributed by atoms with E-state index >= 15 is 0 Å². The van der Waals surface area contributed by atoms with Crippen LogP contribution in [0.2, 0.25) is 0 Å². The standard InChI is InChI=1S/C24H38N8O7/c1-12(2)19(32-20(35)15(25)4-3-9-29-24(27)28)22(37)30-16(11-18(26)34)21(36)31-17(23(38)39)10-13-5-7-14(33)8-6-13/h5-8,12,15-17,19,33H,3-4,9-11,25H2,1-2H3,(H2,26,34)(H,30,37)(H,31,36)(H,32,35)(H,38,39)(H4,27,28,29). The zero-order valence-corrected chi connectivity index (χ0v) is 21.9. The number of phenolic OH excluding ortho intramolecular Hbond substituents is 1. The van der Waals surface area contributed by atoms with Gasteiger partial charge in [0.15, 0.2) is 5.96 Å². The predicted molar refractivity (Wildman–Crippen MR) is 142 cm³/mol. The molecule has 0 saturated heterocycles. The van der Waals surface area contributed by atoms with Crippen molar-refractivity contribution in [3.8, 4) is 5.75 Å². The van der Waals surface area contributed by atoms with Crippen LogP contribution in [0.4, 0.5) is 0 Å². The lowest BCUT2D eigenvalue weighted by Gasteiger charge is -2.26. The Labute approximate surface area is 225 Å². The van der Waals surface area contributed by atoms with Crippen molar-refractivity contribution >= 4 is 35.6 Å². The number of benzene rings is 1. The number of phenols is 1. The lowest BCUT2D eigenvalue weighted by atomic mass is 10.0. The monoisotopic (exact) mass is 550 g/mol. The number of amides is 4. The average molecular weight is 551 g/mol. The summed E-state index contributed by atoms with van der Waals surface area (Å²) in [5, 5.41) is 26.2. The number of rotatable bonds is 16. The molecule has 0 saturated carbocycles. The summed E-state index contributed by atoms with van der Waals surface area (Å²) < 4.78 is 0. The highest BCUT2D eigenvalue weighted by Gasteiger charge is 2.32. The van der Waals surface area contributed by atoms with Crippen LogP contribution in [-0.4, -0.2) is 76.5 Å². The Bertz CT molecular complexity index is 1040. The summed E-state index contributed by atoms with van der Waals surface area (Å²) >= 11 is 0. The van der Waals surface area contributed by atoms with Crippen molar-refractivity contribution < 1.29 is 34.2 Å². The van der Waals surface area contributed by atoms with Crippen LogP contribution in [0.1, 0.15) is 38.7 Å². The minimum Gasteiger partial charge on any atom is -0.508 e. The smallest absolute Gasteiger partial charge is 0.326 e. The summed E-state index contributed by atoms with van der Waals surface area (Å²) in [4.78, 5) is 65.7. The number of carboxylic acids is 1. The first kappa shape index (κ1) is 32.6. The third kappa shape index (κ3) is 12.1. The van der Waals surface area contributed by atoms with E-state index < -0.39 is 66.1 Å². The molecular formula is C24H38N8O7. The zero-order chi connectivity index (χ0) is 29.7. The van der Waals surface area contributed by atoms with Gasteiger partial charge in [0.05, 0.1) is 12.5 Å².